The molecule has 1 fully saturated rings. The number of furan rings is 1. The Hall–Kier alpha value is -1.90. The number of ether oxygens (including phenoxy) is 1. The monoisotopic (exact) mass is 324 g/mol. The Morgan fingerprint density at radius 2 is 2.14 bits per heavy atom. The van der Waals surface area contributed by atoms with E-state index in [0.717, 1.165) is 0 Å². The van der Waals surface area contributed by atoms with Gasteiger partial charge in [-0.25, -0.2) is 8.42 Å². The van der Waals surface area contributed by atoms with Gasteiger partial charge in [0.15, 0.2) is 0 Å². The highest BCUT2D eigenvalue weighted by Gasteiger charge is 2.36. The second kappa shape index (κ2) is 5.71. The largest absolute Gasteiger partial charge is 0.443 e. The van der Waals surface area contributed by atoms with Crippen LogP contribution in [0.4, 0.5) is 0 Å². The molecule has 0 spiro atoms. The maximum atomic E-state index is 12.8. The van der Waals surface area contributed by atoms with Gasteiger partial charge in [-0.3, -0.25) is 4.79 Å². The van der Waals surface area contributed by atoms with Gasteiger partial charge in [-0.1, -0.05) is 18.2 Å². The van der Waals surface area contributed by atoms with Gasteiger partial charge >= 0.3 is 0 Å². The summed E-state index contributed by atoms with van der Waals surface area (Å²) < 4.78 is 37.5. The van der Waals surface area contributed by atoms with Gasteiger partial charge in [0.2, 0.25) is 11.0 Å². The van der Waals surface area contributed by atoms with Gasteiger partial charge in [0.1, 0.15) is 5.58 Å². The normalized spacial score (nSPS) is 20.3. The Labute approximate surface area is 127 Å². The third-order valence-electron chi connectivity index (χ3n) is 3.58. The fourth-order valence-corrected chi connectivity index (χ4v) is 4.09. The summed E-state index contributed by atoms with van der Waals surface area (Å²) in [7, 11) is -3.84. The Balaban J connectivity index is 1.97. The lowest BCUT2D eigenvalue weighted by molar-refractivity contribution is -0.120. The van der Waals surface area contributed by atoms with Crippen LogP contribution in [0.3, 0.4) is 0 Å². The number of carbonyl (C=O) groups is 1. The molecule has 1 aliphatic rings. The van der Waals surface area contributed by atoms with Crippen LogP contribution in [0.5, 0.6) is 0 Å². The minimum absolute atomic E-state index is 0.0839. The van der Waals surface area contributed by atoms with Gasteiger partial charge < -0.3 is 14.9 Å². The molecule has 0 bridgehead atoms. The smallest absolute Gasteiger partial charge is 0.276 e. The van der Waals surface area contributed by atoms with E-state index < -0.39 is 22.0 Å². The minimum Gasteiger partial charge on any atom is -0.443 e. The first-order valence-electron chi connectivity index (χ1n) is 6.85. The zero-order chi connectivity index (χ0) is 15.7. The number of carbonyl (C=O) groups excluding carboxylic acids is 1. The molecule has 118 valence electrons. The second-order valence-electron chi connectivity index (χ2n) is 5.12. The molecule has 22 heavy (non-hydrogen) atoms. The molecule has 1 aromatic carbocycles. The van der Waals surface area contributed by atoms with Crippen molar-refractivity contribution in [1.29, 1.82) is 0 Å². The third-order valence-corrected chi connectivity index (χ3v) is 5.38. The maximum absolute atomic E-state index is 12.8. The van der Waals surface area contributed by atoms with Crippen LogP contribution >= 0.6 is 0 Å². The molecule has 7 nitrogen and oxygen atoms in total. The van der Waals surface area contributed by atoms with Crippen LogP contribution in [0.2, 0.25) is 0 Å². The number of rotatable bonds is 4. The van der Waals surface area contributed by atoms with Crippen molar-refractivity contribution < 1.29 is 22.4 Å². The van der Waals surface area contributed by atoms with Crippen molar-refractivity contribution in [3.05, 3.63) is 30.3 Å². The number of amides is 1. The van der Waals surface area contributed by atoms with Crippen molar-refractivity contribution >= 4 is 26.9 Å². The SMILES string of the molecule is NC(=O)CC1COCCN1S(=O)(=O)c1cc2ccccc2o1. The lowest BCUT2D eigenvalue weighted by Crippen LogP contribution is -2.49. The van der Waals surface area contributed by atoms with E-state index in [-0.39, 0.29) is 31.3 Å². The number of fused-ring (bicyclic) bond motifs is 1. The van der Waals surface area contributed by atoms with Crippen molar-refractivity contribution in [1.82, 2.24) is 4.31 Å². The molecule has 2 aromatic rings. The molecule has 3 rings (SSSR count). The number of morpholine rings is 1. The standard InChI is InChI=1S/C14H16N2O5S/c15-13(17)8-11-9-20-6-5-16(11)22(18,19)14-7-10-3-1-2-4-12(10)21-14/h1-4,7,11H,5-6,8-9H2,(H2,15,17). The predicted molar refractivity (Wildman–Crippen MR) is 78.5 cm³/mol. The van der Waals surface area contributed by atoms with Crippen molar-refractivity contribution in [2.45, 2.75) is 17.6 Å². The molecule has 2 heterocycles. The van der Waals surface area contributed by atoms with Crippen LogP contribution in [0.1, 0.15) is 6.42 Å². The molecule has 0 saturated carbocycles. The van der Waals surface area contributed by atoms with Crippen molar-refractivity contribution in [2.75, 3.05) is 19.8 Å². The predicted octanol–water partition coefficient (Wildman–Crippen LogP) is 0.698. The quantitative estimate of drug-likeness (QED) is 0.891. The molecule has 1 atom stereocenters. The van der Waals surface area contributed by atoms with E-state index in [1.807, 2.05) is 0 Å². The summed E-state index contributed by atoms with van der Waals surface area (Å²) in [5.74, 6) is -0.569. The van der Waals surface area contributed by atoms with E-state index in [0.29, 0.717) is 11.0 Å². The van der Waals surface area contributed by atoms with Crippen LogP contribution in [0.25, 0.3) is 11.0 Å². The fraction of sp³-hybridized carbons (Fsp3) is 0.357. The van der Waals surface area contributed by atoms with Gasteiger partial charge in [-0.2, -0.15) is 4.31 Å². The van der Waals surface area contributed by atoms with Crippen LogP contribution < -0.4 is 5.73 Å². The van der Waals surface area contributed by atoms with E-state index >= 15 is 0 Å². The molecule has 1 saturated heterocycles. The molecule has 2 N–H and O–H groups in total. The van der Waals surface area contributed by atoms with Crippen molar-refractivity contribution in [3.63, 3.8) is 0 Å². The van der Waals surface area contributed by atoms with Gasteiger partial charge in [0.05, 0.1) is 19.3 Å². The summed E-state index contributed by atoms with van der Waals surface area (Å²) in [5.41, 5.74) is 5.69. The summed E-state index contributed by atoms with van der Waals surface area (Å²) in [6.07, 6.45) is -0.0839. The maximum Gasteiger partial charge on any atom is 0.276 e. The molecular formula is C14H16N2O5S. The number of sulfonamides is 1. The molecule has 0 radical (unpaired) electrons. The van der Waals surface area contributed by atoms with Crippen LogP contribution in [-0.4, -0.2) is 44.4 Å². The number of primary amides is 1. The average Bonchev–Trinajstić information content (AvgIpc) is 2.92. The van der Waals surface area contributed by atoms with Gasteiger partial charge in [-0.15, -0.1) is 0 Å². The Kier molecular flexibility index (Phi) is 3.90. The van der Waals surface area contributed by atoms with Crippen LogP contribution in [0.15, 0.2) is 39.8 Å². The highest BCUT2D eigenvalue weighted by atomic mass is 32.2. The summed E-state index contributed by atoms with van der Waals surface area (Å²) in [6, 6.07) is 7.93. The number of para-hydroxylation sites is 1. The number of nitrogens with zero attached hydrogens (tertiary/aromatic N) is 1. The minimum atomic E-state index is -3.84. The zero-order valence-electron chi connectivity index (χ0n) is 11.8. The number of nitrogens with two attached hydrogens (primary N) is 1. The van der Waals surface area contributed by atoms with Gasteiger partial charge in [0, 0.05) is 24.4 Å². The third kappa shape index (κ3) is 2.72. The highest BCUT2D eigenvalue weighted by Crippen LogP contribution is 2.27. The Bertz CT molecular complexity index is 765. The number of hydrogen-bond donors (Lipinski definition) is 1. The molecule has 1 unspecified atom stereocenters. The number of benzene rings is 1. The lowest BCUT2D eigenvalue weighted by Gasteiger charge is -2.33. The summed E-state index contributed by atoms with van der Waals surface area (Å²) in [6.45, 7) is 0.578. The molecule has 0 aliphatic carbocycles. The fourth-order valence-electron chi connectivity index (χ4n) is 2.55. The molecule has 1 aromatic heterocycles. The van der Waals surface area contributed by atoms with E-state index in [1.165, 1.54) is 10.4 Å². The molecule has 1 aliphatic heterocycles. The lowest BCUT2D eigenvalue weighted by atomic mass is 10.2. The Morgan fingerprint density at radius 1 is 1.36 bits per heavy atom. The van der Waals surface area contributed by atoms with Crippen molar-refractivity contribution in [3.8, 4) is 0 Å². The number of hydrogen-bond acceptors (Lipinski definition) is 5. The van der Waals surface area contributed by atoms with Gasteiger partial charge in [-0.05, 0) is 6.07 Å². The van der Waals surface area contributed by atoms with Crippen molar-refractivity contribution in [2.24, 2.45) is 5.73 Å². The average molecular weight is 324 g/mol. The van der Waals surface area contributed by atoms with Gasteiger partial charge in [0.25, 0.3) is 10.0 Å². The highest BCUT2D eigenvalue weighted by molar-refractivity contribution is 7.89. The van der Waals surface area contributed by atoms with Crippen LogP contribution in [0, 0.1) is 0 Å². The summed E-state index contributed by atoms with van der Waals surface area (Å²) in [4.78, 5) is 11.1. The van der Waals surface area contributed by atoms with Crippen LogP contribution in [-0.2, 0) is 19.6 Å². The molecule has 8 heteroatoms. The van der Waals surface area contributed by atoms with E-state index in [4.69, 9.17) is 14.9 Å². The molecule has 1 amide bonds. The Morgan fingerprint density at radius 3 is 2.86 bits per heavy atom. The first-order chi connectivity index (χ1) is 10.5. The first-order valence-corrected chi connectivity index (χ1v) is 8.29. The van der Waals surface area contributed by atoms with E-state index in [2.05, 4.69) is 0 Å². The first kappa shape index (κ1) is 15.0. The topological polar surface area (TPSA) is 103 Å². The summed E-state index contributed by atoms with van der Waals surface area (Å²) >= 11 is 0. The van der Waals surface area contributed by atoms with E-state index in [1.54, 1.807) is 24.3 Å². The summed E-state index contributed by atoms with van der Waals surface area (Å²) in [5, 5.41) is 0.575. The molecular weight excluding hydrogens is 308 g/mol. The van der Waals surface area contributed by atoms with E-state index in [9.17, 15) is 13.2 Å². The zero-order valence-corrected chi connectivity index (χ0v) is 12.6. The second-order valence-corrected chi connectivity index (χ2v) is 6.94.